The molecule has 2 aromatic carbocycles. The Morgan fingerprint density at radius 3 is 2.56 bits per heavy atom. The van der Waals surface area contributed by atoms with Crippen LogP contribution in [0, 0.1) is 11.6 Å². The van der Waals surface area contributed by atoms with Crippen LogP contribution in [0.5, 0.6) is 5.75 Å². The minimum Gasteiger partial charge on any atom is -0.491 e. The van der Waals surface area contributed by atoms with E-state index in [1.54, 1.807) is 35.1 Å². The Kier molecular flexibility index (Phi) is 6.41. The SMILES string of the molecule is CN1CCOC(COc2ccn3ncc(-c4cc(-c5ccc(F)cc5F)cc(C5(S(N)(=O)=O)CC5)c4)c3c2)C1. The van der Waals surface area contributed by atoms with Gasteiger partial charge in [0.1, 0.15) is 34.8 Å². The van der Waals surface area contributed by atoms with Gasteiger partial charge in [-0.2, -0.15) is 5.10 Å². The van der Waals surface area contributed by atoms with E-state index in [0.29, 0.717) is 54.1 Å². The van der Waals surface area contributed by atoms with Gasteiger partial charge in [0.2, 0.25) is 10.0 Å². The topological polar surface area (TPSA) is 99.2 Å². The monoisotopic (exact) mass is 554 g/mol. The molecule has 0 spiro atoms. The number of morpholine rings is 1. The smallest absolute Gasteiger partial charge is 0.219 e. The Bertz CT molecular complexity index is 1670. The van der Waals surface area contributed by atoms with Crippen molar-refractivity contribution in [1.29, 1.82) is 0 Å². The molecule has 2 aliphatic rings. The third kappa shape index (κ3) is 4.91. The van der Waals surface area contributed by atoms with Crippen LogP contribution in [0.25, 0.3) is 27.8 Å². The number of fused-ring (bicyclic) bond motifs is 1. The van der Waals surface area contributed by atoms with Gasteiger partial charge < -0.3 is 14.4 Å². The molecule has 1 unspecified atom stereocenters. The summed E-state index contributed by atoms with van der Waals surface area (Å²) in [4.78, 5) is 2.19. The Morgan fingerprint density at radius 2 is 1.87 bits per heavy atom. The highest BCUT2D eigenvalue weighted by Crippen LogP contribution is 2.53. The Balaban J connectivity index is 1.42. The van der Waals surface area contributed by atoms with E-state index in [1.807, 2.05) is 19.2 Å². The molecule has 204 valence electrons. The first kappa shape index (κ1) is 25.9. The zero-order valence-corrected chi connectivity index (χ0v) is 22.1. The average Bonchev–Trinajstić information content (AvgIpc) is 3.62. The molecular weight excluding hydrogens is 526 g/mol. The molecule has 6 rings (SSSR count). The maximum atomic E-state index is 14.8. The van der Waals surface area contributed by atoms with E-state index in [9.17, 15) is 17.2 Å². The number of hydrogen-bond acceptors (Lipinski definition) is 6. The largest absolute Gasteiger partial charge is 0.491 e. The normalized spacial score (nSPS) is 19.3. The zero-order valence-electron chi connectivity index (χ0n) is 21.3. The second-order valence-corrected chi connectivity index (χ2v) is 12.2. The molecule has 1 saturated carbocycles. The van der Waals surface area contributed by atoms with Crippen molar-refractivity contribution >= 4 is 15.5 Å². The van der Waals surface area contributed by atoms with Crippen LogP contribution in [0.4, 0.5) is 8.78 Å². The summed E-state index contributed by atoms with van der Waals surface area (Å²) >= 11 is 0. The van der Waals surface area contributed by atoms with Gasteiger partial charge in [0.25, 0.3) is 0 Å². The highest BCUT2D eigenvalue weighted by molar-refractivity contribution is 7.90. The van der Waals surface area contributed by atoms with Crippen LogP contribution in [0.2, 0.25) is 0 Å². The van der Waals surface area contributed by atoms with E-state index in [1.165, 1.54) is 12.1 Å². The average molecular weight is 555 g/mol. The van der Waals surface area contributed by atoms with E-state index in [0.717, 1.165) is 24.7 Å². The molecule has 2 aromatic heterocycles. The lowest BCUT2D eigenvalue weighted by Gasteiger charge is -2.29. The van der Waals surface area contributed by atoms with Crippen molar-refractivity contribution in [1.82, 2.24) is 14.5 Å². The fourth-order valence-corrected chi connectivity index (χ4v) is 6.32. The molecule has 1 aliphatic carbocycles. The van der Waals surface area contributed by atoms with Crippen LogP contribution in [0.15, 0.2) is 60.9 Å². The van der Waals surface area contributed by atoms with E-state index < -0.39 is 26.4 Å². The number of halogens is 2. The number of primary sulfonamides is 1. The quantitative estimate of drug-likeness (QED) is 0.372. The summed E-state index contributed by atoms with van der Waals surface area (Å²) in [6.45, 7) is 2.72. The summed E-state index contributed by atoms with van der Waals surface area (Å²) in [6.07, 6.45) is 4.14. The molecule has 1 atom stereocenters. The van der Waals surface area contributed by atoms with E-state index in [-0.39, 0.29) is 11.7 Å². The third-order valence-electron chi connectivity index (χ3n) is 7.53. The molecule has 0 radical (unpaired) electrons. The minimum atomic E-state index is -3.93. The Morgan fingerprint density at radius 1 is 1.10 bits per heavy atom. The van der Waals surface area contributed by atoms with Gasteiger partial charge in [0.05, 0.1) is 18.3 Å². The number of pyridine rings is 1. The highest BCUT2D eigenvalue weighted by atomic mass is 32.2. The highest BCUT2D eigenvalue weighted by Gasteiger charge is 2.54. The van der Waals surface area contributed by atoms with Gasteiger partial charge in [-0.15, -0.1) is 0 Å². The summed E-state index contributed by atoms with van der Waals surface area (Å²) in [7, 11) is -1.88. The summed E-state index contributed by atoms with van der Waals surface area (Å²) < 4.78 is 65.9. The van der Waals surface area contributed by atoms with Gasteiger partial charge >= 0.3 is 0 Å². The first-order valence-corrected chi connectivity index (χ1v) is 14.2. The fourth-order valence-electron chi connectivity index (χ4n) is 5.21. The van der Waals surface area contributed by atoms with Gasteiger partial charge in [-0.1, -0.05) is 0 Å². The van der Waals surface area contributed by atoms with Crippen LogP contribution in [0.3, 0.4) is 0 Å². The van der Waals surface area contributed by atoms with Crippen molar-refractivity contribution in [2.24, 2.45) is 5.14 Å². The van der Waals surface area contributed by atoms with Gasteiger partial charge in [0.15, 0.2) is 0 Å². The zero-order chi connectivity index (χ0) is 27.4. The van der Waals surface area contributed by atoms with Crippen LogP contribution in [0.1, 0.15) is 18.4 Å². The first-order valence-electron chi connectivity index (χ1n) is 12.7. The predicted octanol–water partition coefficient (Wildman–Crippen LogP) is 3.93. The van der Waals surface area contributed by atoms with Crippen LogP contribution < -0.4 is 9.88 Å². The van der Waals surface area contributed by atoms with Crippen molar-refractivity contribution in [2.75, 3.05) is 33.4 Å². The lowest BCUT2D eigenvalue weighted by molar-refractivity contribution is -0.0403. The predicted molar refractivity (Wildman–Crippen MR) is 143 cm³/mol. The molecule has 8 nitrogen and oxygen atoms in total. The number of likely N-dealkylation sites (N-methyl/N-ethyl adjacent to an activating group) is 1. The van der Waals surface area contributed by atoms with Crippen molar-refractivity contribution in [2.45, 2.75) is 23.7 Å². The number of sulfonamides is 1. The van der Waals surface area contributed by atoms with Crippen LogP contribution >= 0.6 is 0 Å². The van der Waals surface area contributed by atoms with Crippen molar-refractivity contribution in [3.63, 3.8) is 0 Å². The first-order chi connectivity index (χ1) is 18.6. The molecule has 0 bridgehead atoms. The number of ether oxygens (including phenoxy) is 2. The molecular formula is C28H28F2N4O4S. The molecule has 3 heterocycles. The van der Waals surface area contributed by atoms with Gasteiger partial charge in [0, 0.05) is 42.5 Å². The Hall–Kier alpha value is -3.38. The molecule has 0 amide bonds. The second-order valence-electron chi connectivity index (χ2n) is 10.3. The number of rotatable bonds is 7. The number of nitrogens with zero attached hydrogens (tertiary/aromatic N) is 3. The summed E-state index contributed by atoms with van der Waals surface area (Å²) in [5.74, 6) is -0.814. The van der Waals surface area contributed by atoms with Crippen molar-refractivity contribution in [3.8, 4) is 28.0 Å². The standard InChI is InChI=1S/C28H28F2N4O4S/c1-33-8-9-37-23(16-33)17-38-22-4-7-34-27(14-22)25(15-32-34)19-10-18(24-3-2-21(29)13-26(24)30)11-20(12-19)28(5-6-28)39(31,35)36/h2-4,7,10-15,23H,5-6,8-9,16-17H2,1H3,(H2,31,35,36). The molecule has 2 fully saturated rings. The van der Waals surface area contributed by atoms with Crippen molar-refractivity contribution < 1.29 is 26.7 Å². The number of aromatic nitrogens is 2. The second kappa shape index (κ2) is 9.67. The number of nitrogens with two attached hydrogens (primary N) is 1. The van der Waals surface area contributed by atoms with E-state index in [4.69, 9.17) is 14.6 Å². The fraction of sp³-hybridized carbons (Fsp3) is 0.321. The van der Waals surface area contributed by atoms with Crippen LogP contribution in [-0.4, -0.2) is 62.4 Å². The Labute approximate surface area is 225 Å². The molecule has 4 aromatic rings. The summed E-state index contributed by atoms with van der Waals surface area (Å²) in [5.41, 5.74) is 3.09. The molecule has 39 heavy (non-hydrogen) atoms. The van der Waals surface area contributed by atoms with Gasteiger partial charge in [-0.3, -0.25) is 0 Å². The summed E-state index contributed by atoms with van der Waals surface area (Å²) in [6, 6.07) is 12.1. The molecule has 1 aliphatic heterocycles. The lowest BCUT2D eigenvalue weighted by Crippen LogP contribution is -2.42. The lowest BCUT2D eigenvalue weighted by atomic mass is 9.94. The third-order valence-corrected chi connectivity index (χ3v) is 9.26. The van der Waals surface area contributed by atoms with Crippen molar-refractivity contribution in [3.05, 3.63) is 78.1 Å². The number of hydrogen-bond donors (Lipinski definition) is 1. The van der Waals surface area contributed by atoms with Crippen LogP contribution in [-0.2, 0) is 19.5 Å². The van der Waals surface area contributed by atoms with E-state index in [2.05, 4.69) is 10.00 Å². The maximum Gasteiger partial charge on any atom is 0.219 e. The van der Waals surface area contributed by atoms with Gasteiger partial charge in [-0.25, -0.2) is 26.9 Å². The molecule has 1 saturated heterocycles. The molecule has 2 N–H and O–H groups in total. The molecule has 11 heteroatoms. The number of benzene rings is 2. The maximum absolute atomic E-state index is 14.8. The van der Waals surface area contributed by atoms with E-state index >= 15 is 0 Å². The summed E-state index contributed by atoms with van der Waals surface area (Å²) in [5, 5.41) is 10.1. The minimum absolute atomic E-state index is 0.0397. The van der Waals surface area contributed by atoms with Gasteiger partial charge in [-0.05, 0) is 73.0 Å².